The highest BCUT2D eigenvalue weighted by Crippen LogP contribution is 2.43. The van der Waals surface area contributed by atoms with Gasteiger partial charge < -0.3 is 29.3 Å². The first-order valence-corrected chi connectivity index (χ1v) is 11.8. The molecule has 0 radical (unpaired) electrons. The van der Waals surface area contributed by atoms with Crippen LogP contribution in [0.2, 0.25) is 0 Å². The summed E-state index contributed by atoms with van der Waals surface area (Å²) in [5.41, 5.74) is 2.28. The highest BCUT2D eigenvalue weighted by molar-refractivity contribution is 6.46. The lowest BCUT2D eigenvalue weighted by molar-refractivity contribution is -0.140. The van der Waals surface area contributed by atoms with Crippen LogP contribution < -0.4 is 14.2 Å². The lowest BCUT2D eigenvalue weighted by atomic mass is 9.94. The molecule has 4 rings (SSSR count). The van der Waals surface area contributed by atoms with Gasteiger partial charge in [-0.25, -0.2) is 0 Å². The van der Waals surface area contributed by atoms with Gasteiger partial charge in [-0.2, -0.15) is 0 Å². The van der Waals surface area contributed by atoms with E-state index >= 15 is 0 Å². The number of benzene rings is 3. The SMILES string of the molecule is CCOc1cc(C2/C(=C(/O)c3ccc(OC)c(C)c3)C(=O)C(=O)N2Cc2ccccc2OC)ccc1O. The van der Waals surface area contributed by atoms with Gasteiger partial charge in [-0.15, -0.1) is 0 Å². The number of phenolic OH excluding ortho intramolecular Hbond substituents is 1. The molecule has 1 heterocycles. The summed E-state index contributed by atoms with van der Waals surface area (Å²) in [7, 11) is 3.08. The second-order valence-corrected chi connectivity index (χ2v) is 8.58. The molecule has 3 aromatic rings. The van der Waals surface area contributed by atoms with E-state index in [0.717, 1.165) is 5.56 Å². The van der Waals surface area contributed by atoms with E-state index in [1.54, 1.807) is 50.4 Å². The Balaban J connectivity index is 1.90. The Labute approximate surface area is 215 Å². The zero-order valence-corrected chi connectivity index (χ0v) is 21.1. The van der Waals surface area contributed by atoms with E-state index in [0.29, 0.717) is 34.8 Å². The number of carbonyl (C=O) groups is 2. The standard InChI is InChI=1S/C29H29NO7/c1-5-37-24-15-18(10-12-21(24)31)26-25(27(32)19-11-13-22(35-3)17(2)14-19)28(33)29(34)30(26)16-20-8-6-7-9-23(20)36-4/h6-15,26,31-32H,5,16H2,1-4H3/b27-25-. The van der Waals surface area contributed by atoms with Crippen LogP contribution in [0.1, 0.15) is 35.2 Å². The fourth-order valence-corrected chi connectivity index (χ4v) is 4.56. The summed E-state index contributed by atoms with van der Waals surface area (Å²) in [5, 5.41) is 21.6. The van der Waals surface area contributed by atoms with Gasteiger partial charge in [0, 0.05) is 11.1 Å². The zero-order valence-electron chi connectivity index (χ0n) is 21.1. The van der Waals surface area contributed by atoms with Crippen LogP contribution >= 0.6 is 0 Å². The van der Waals surface area contributed by atoms with E-state index < -0.39 is 17.7 Å². The number of Topliss-reactive ketones (excluding diaryl/α,β-unsaturated/α-hetero) is 1. The van der Waals surface area contributed by atoms with Crippen molar-refractivity contribution < 1.29 is 34.0 Å². The maximum atomic E-state index is 13.4. The molecule has 0 saturated carbocycles. The van der Waals surface area contributed by atoms with Crippen LogP contribution in [0.5, 0.6) is 23.0 Å². The number of likely N-dealkylation sites (tertiary alicyclic amines) is 1. The second kappa shape index (κ2) is 10.7. The molecule has 1 atom stereocenters. The number of para-hydroxylation sites is 1. The van der Waals surface area contributed by atoms with Crippen LogP contribution in [-0.2, 0) is 16.1 Å². The number of aryl methyl sites for hydroxylation is 1. The normalized spacial score (nSPS) is 16.6. The van der Waals surface area contributed by atoms with E-state index in [4.69, 9.17) is 14.2 Å². The van der Waals surface area contributed by atoms with Crippen LogP contribution in [0.15, 0.2) is 66.2 Å². The molecule has 1 fully saturated rings. The van der Waals surface area contributed by atoms with Crippen molar-refractivity contribution in [3.63, 3.8) is 0 Å². The van der Waals surface area contributed by atoms with Crippen molar-refractivity contribution in [3.05, 3.63) is 88.5 Å². The number of ether oxygens (including phenoxy) is 3. The minimum absolute atomic E-state index is 0.0578. The van der Waals surface area contributed by atoms with E-state index in [9.17, 15) is 19.8 Å². The largest absolute Gasteiger partial charge is 0.507 e. The molecule has 192 valence electrons. The Morgan fingerprint density at radius 1 is 0.946 bits per heavy atom. The molecule has 0 bridgehead atoms. The average molecular weight is 504 g/mol. The van der Waals surface area contributed by atoms with Crippen molar-refractivity contribution in [1.82, 2.24) is 4.90 Å². The summed E-state index contributed by atoms with van der Waals surface area (Å²) in [4.78, 5) is 28.2. The molecule has 1 amide bonds. The number of methoxy groups -OCH3 is 2. The van der Waals surface area contributed by atoms with Gasteiger partial charge in [0.05, 0.1) is 39.0 Å². The molecule has 1 unspecified atom stereocenters. The highest BCUT2D eigenvalue weighted by atomic mass is 16.5. The van der Waals surface area contributed by atoms with Crippen molar-refractivity contribution in [2.24, 2.45) is 0 Å². The minimum Gasteiger partial charge on any atom is -0.507 e. The van der Waals surface area contributed by atoms with E-state index in [-0.39, 0.29) is 29.4 Å². The number of aliphatic hydroxyl groups excluding tert-OH is 1. The van der Waals surface area contributed by atoms with E-state index in [1.807, 2.05) is 25.1 Å². The summed E-state index contributed by atoms with van der Waals surface area (Å²) >= 11 is 0. The van der Waals surface area contributed by atoms with Gasteiger partial charge >= 0.3 is 0 Å². The fourth-order valence-electron chi connectivity index (χ4n) is 4.56. The van der Waals surface area contributed by atoms with Crippen LogP contribution in [0.4, 0.5) is 0 Å². The number of phenols is 1. The molecule has 0 spiro atoms. The maximum absolute atomic E-state index is 13.4. The number of nitrogens with zero attached hydrogens (tertiary/aromatic N) is 1. The molecule has 1 saturated heterocycles. The average Bonchev–Trinajstić information content (AvgIpc) is 3.15. The predicted molar refractivity (Wildman–Crippen MR) is 138 cm³/mol. The monoisotopic (exact) mass is 503 g/mol. The van der Waals surface area contributed by atoms with Gasteiger partial charge in [-0.05, 0) is 61.4 Å². The quantitative estimate of drug-likeness (QED) is 0.260. The number of hydrogen-bond acceptors (Lipinski definition) is 7. The smallest absolute Gasteiger partial charge is 0.295 e. The molecular formula is C29H29NO7. The first kappa shape index (κ1) is 25.6. The van der Waals surface area contributed by atoms with Gasteiger partial charge in [0.25, 0.3) is 11.7 Å². The number of aliphatic hydroxyl groups is 1. The molecule has 0 aliphatic carbocycles. The molecule has 2 N–H and O–H groups in total. The van der Waals surface area contributed by atoms with Crippen molar-refractivity contribution >= 4 is 17.4 Å². The minimum atomic E-state index is -0.938. The predicted octanol–water partition coefficient (Wildman–Crippen LogP) is 4.74. The van der Waals surface area contributed by atoms with Crippen LogP contribution in [-0.4, -0.2) is 47.6 Å². The number of rotatable bonds is 8. The van der Waals surface area contributed by atoms with E-state index in [2.05, 4.69) is 0 Å². The van der Waals surface area contributed by atoms with E-state index in [1.165, 1.54) is 18.1 Å². The number of amides is 1. The molecule has 0 aromatic heterocycles. The first-order chi connectivity index (χ1) is 17.8. The Morgan fingerprint density at radius 2 is 1.68 bits per heavy atom. The molecule has 8 heteroatoms. The zero-order chi connectivity index (χ0) is 26.7. The van der Waals surface area contributed by atoms with Crippen molar-refractivity contribution in [1.29, 1.82) is 0 Å². The van der Waals surface area contributed by atoms with Gasteiger partial charge in [0.2, 0.25) is 0 Å². The maximum Gasteiger partial charge on any atom is 0.295 e. The van der Waals surface area contributed by atoms with Gasteiger partial charge in [-0.3, -0.25) is 9.59 Å². The van der Waals surface area contributed by atoms with Crippen LogP contribution in [0.25, 0.3) is 5.76 Å². The Hall–Kier alpha value is -4.46. The van der Waals surface area contributed by atoms with Gasteiger partial charge in [0.1, 0.15) is 17.3 Å². The summed E-state index contributed by atoms with van der Waals surface area (Å²) in [6, 6.07) is 15.9. The van der Waals surface area contributed by atoms with Crippen LogP contribution in [0, 0.1) is 6.92 Å². The third kappa shape index (κ3) is 4.82. The Bertz CT molecular complexity index is 1380. The molecule has 8 nitrogen and oxygen atoms in total. The fraction of sp³-hybridized carbons (Fsp3) is 0.241. The molecule has 1 aliphatic rings. The summed E-state index contributed by atoms with van der Waals surface area (Å²) in [6.45, 7) is 3.97. The first-order valence-electron chi connectivity index (χ1n) is 11.8. The number of ketones is 1. The second-order valence-electron chi connectivity index (χ2n) is 8.58. The third-order valence-corrected chi connectivity index (χ3v) is 6.34. The summed E-state index contributed by atoms with van der Waals surface area (Å²) in [5.74, 6) is -0.534. The lowest BCUT2D eigenvalue weighted by Crippen LogP contribution is -2.29. The molecule has 1 aliphatic heterocycles. The van der Waals surface area contributed by atoms with Crippen molar-refractivity contribution in [2.75, 3.05) is 20.8 Å². The Kier molecular flexibility index (Phi) is 7.38. The van der Waals surface area contributed by atoms with Crippen LogP contribution in [0.3, 0.4) is 0 Å². The summed E-state index contributed by atoms with van der Waals surface area (Å²) < 4.78 is 16.3. The van der Waals surface area contributed by atoms with Crippen molar-refractivity contribution in [3.8, 4) is 23.0 Å². The molecule has 3 aromatic carbocycles. The summed E-state index contributed by atoms with van der Waals surface area (Å²) in [6.07, 6.45) is 0. The van der Waals surface area contributed by atoms with Crippen molar-refractivity contribution in [2.45, 2.75) is 26.4 Å². The third-order valence-electron chi connectivity index (χ3n) is 6.34. The Morgan fingerprint density at radius 3 is 2.35 bits per heavy atom. The number of hydrogen-bond donors (Lipinski definition) is 2. The molecular weight excluding hydrogens is 474 g/mol. The topological polar surface area (TPSA) is 106 Å². The van der Waals surface area contributed by atoms with Gasteiger partial charge in [0.15, 0.2) is 11.5 Å². The highest BCUT2D eigenvalue weighted by Gasteiger charge is 2.46. The number of carbonyl (C=O) groups excluding carboxylic acids is 2. The number of aromatic hydroxyl groups is 1. The van der Waals surface area contributed by atoms with Gasteiger partial charge in [-0.1, -0.05) is 24.3 Å². The lowest BCUT2D eigenvalue weighted by Gasteiger charge is -2.26. The molecule has 37 heavy (non-hydrogen) atoms.